The number of hydrogen-bond acceptors (Lipinski definition) is 4. The maximum atomic E-state index is 12.4. The molecule has 114 valence electrons. The van der Waals surface area contributed by atoms with Crippen LogP contribution in [0.2, 0.25) is 0 Å². The zero-order valence-electron chi connectivity index (χ0n) is 12.2. The summed E-state index contributed by atoms with van der Waals surface area (Å²) in [5.41, 5.74) is 6.21. The average Bonchev–Trinajstić information content (AvgIpc) is 2.31. The smallest absolute Gasteiger partial charge is 0.241 e. The van der Waals surface area contributed by atoms with Crippen molar-refractivity contribution in [1.82, 2.24) is 4.72 Å². The van der Waals surface area contributed by atoms with Gasteiger partial charge in [0.05, 0.1) is 10.5 Å². The molecule has 1 aromatic carbocycles. The lowest BCUT2D eigenvalue weighted by molar-refractivity contribution is -0.00515. The Morgan fingerprint density at radius 2 is 2.00 bits per heavy atom. The molecule has 0 saturated heterocycles. The summed E-state index contributed by atoms with van der Waals surface area (Å²) in [5.74, 6) is 0. The van der Waals surface area contributed by atoms with Crippen molar-refractivity contribution in [2.75, 3.05) is 18.9 Å². The van der Waals surface area contributed by atoms with Gasteiger partial charge >= 0.3 is 0 Å². The third kappa shape index (κ3) is 4.44. The number of ether oxygens (including phenoxy) is 1. The molecule has 0 heterocycles. The van der Waals surface area contributed by atoms with Gasteiger partial charge in [0.2, 0.25) is 10.0 Å². The van der Waals surface area contributed by atoms with E-state index in [0.29, 0.717) is 22.3 Å². The van der Waals surface area contributed by atoms with E-state index in [0.717, 1.165) is 0 Å². The number of nitrogens with two attached hydrogens (primary N) is 1. The summed E-state index contributed by atoms with van der Waals surface area (Å²) in [4.78, 5) is 0.177. The molecule has 0 aromatic heterocycles. The highest BCUT2D eigenvalue weighted by Gasteiger charge is 2.24. The Kier molecular flexibility index (Phi) is 5.60. The fourth-order valence-corrected chi connectivity index (χ4v) is 3.86. The predicted molar refractivity (Wildman–Crippen MR) is 84.2 cm³/mol. The van der Waals surface area contributed by atoms with Gasteiger partial charge in [0.25, 0.3) is 0 Å². The van der Waals surface area contributed by atoms with Gasteiger partial charge in [-0.15, -0.1) is 0 Å². The molecular weight excluding hydrogens is 344 g/mol. The van der Waals surface area contributed by atoms with Gasteiger partial charge in [-0.3, -0.25) is 0 Å². The Morgan fingerprint density at radius 1 is 1.40 bits per heavy atom. The first-order valence-electron chi connectivity index (χ1n) is 6.28. The molecule has 0 unspecified atom stereocenters. The average molecular weight is 365 g/mol. The Balaban J connectivity index is 3.01. The van der Waals surface area contributed by atoms with Crippen molar-refractivity contribution in [1.29, 1.82) is 0 Å². The highest BCUT2D eigenvalue weighted by atomic mass is 79.9. The van der Waals surface area contributed by atoms with Crippen molar-refractivity contribution < 1.29 is 13.2 Å². The number of rotatable bonds is 6. The van der Waals surface area contributed by atoms with Crippen LogP contribution in [-0.2, 0) is 14.8 Å². The first kappa shape index (κ1) is 17.4. The van der Waals surface area contributed by atoms with Gasteiger partial charge in [0, 0.05) is 23.3 Å². The molecule has 5 nitrogen and oxygen atoms in total. The molecule has 20 heavy (non-hydrogen) atoms. The molecule has 0 aliphatic carbocycles. The maximum Gasteiger partial charge on any atom is 0.241 e. The first-order valence-corrected chi connectivity index (χ1v) is 8.56. The highest BCUT2D eigenvalue weighted by Crippen LogP contribution is 2.26. The van der Waals surface area contributed by atoms with E-state index in [9.17, 15) is 8.42 Å². The van der Waals surface area contributed by atoms with Crippen LogP contribution in [0.5, 0.6) is 0 Å². The van der Waals surface area contributed by atoms with E-state index < -0.39 is 15.6 Å². The maximum absolute atomic E-state index is 12.4. The summed E-state index contributed by atoms with van der Waals surface area (Å²) in [6.45, 7) is 7.94. The molecule has 0 saturated carbocycles. The number of sulfonamides is 1. The Bertz CT molecular complexity index is 586. The molecule has 3 N–H and O–H groups in total. The number of benzene rings is 1. The third-order valence-corrected chi connectivity index (χ3v) is 4.86. The van der Waals surface area contributed by atoms with Crippen LogP contribution >= 0.6 is 15.9 Å². The number of halogens is 1. The Hall–Kier alpha value is -0.630. The highest BCUT2D eigenvalue weighted by molar-refractivity contribution is 9.10. The van der Waals surface area contributed by atoms with Crippen LogP contribution < -0.4 is 10.5 Å². The lowest BCUT2D eigenvalue weighted by Gasteiger charge is -2.25. The minimum Gasteiger partial charge on any atom is -0.398 e. The van der Waals surface area contributed by atoms with E-state index in [4.69, 9.17) is 10.5 Å². The summed E-state index contributed by atoms with van der Waals surface area (Å²) < 4.78 is 33.4. The van der Waals surface area contributed by atoms with E-state index in [2.05, 4.69) is 20.7 Å². The van der Waals surface area contributed by atoms with Crippen molar-refractivity contribution >= 4 is 31.6 Å². The van der Waals surface area contributed by atoms with Gasteiger partial charge in [0.15, 0.2) is 0 Å². The van der Waals surface area contributed by atoms with E-state index in [1.807, 2.05) is 20.8 Å². The molecule has 7 heteroatoms. The molecule has 0 bridgehead atoms. The van der Waals surface area contributed by atoms with Crippen LogP contribution in [0.3, 0.4) is 0 Å². The minimum atomic E-state index is -3.63. The van der Waals surface area contributed by atoms with Crippen LogP contribution in [-0.4, -0.2) is 27.2 Å². The normalized spacial score (nSPS) is 12.7. The molecule has 1 rings (SSSR count). The Morgan fingerprint density at radius 3 is 2.55 bits per heavy atom. The van der Waals surface area contributed by atoms with E-state index >= 15 is 0 Å². The van der Waals surface area contributed by atoms with E-state index in [1.165, 1.54) is 0 Å². The van der Waals surface area contributed by atoms with Gasteiger partial charge in [-0.1, -0.05) is 15.9 Å². The first-order chi connectivity index (χ1) is 9.09. The summed E-state index contributed by atoms with van der Waals surface area (Å²) in [6.07, 6.45) is 0. The van der Waals surface area contributed by atoms with Crippen molar-refractivity contribution in [2.45, 2.75) is 38.2 Å². The van der Waals surface area contributed by atoms with Gasteiger partial charge in [-0.25, -0.2) is 13.1 Å². The van der Waals surface area contributed by atoms with Gasteiger partial charge in [-0.2, -0.15) is 0 Å². The number of anilines is 1. The standard InChI is InChI=1S/C13H21BrN2O3S/c1-5-19-13(3,4)8-16-20(17,18)12-7-10(14)6-11(15)9(12)2/h6-7,16H,5,8,15H2,1-4H3. The molecule has 0 atom stereocenters. The summed E-state index contributed by atoms with van der Waals surface area (Å²) in [7, 11) is -3.63. The summed E-state index contributed by atoms with van der Waals surface area (Å²) >= 11 is 3.26. The van der Waals surface area contributed by atoms with Crippen molar-refractivity contribution in [2.24, 2.45) is 0 Å². The molecule has 0 amide bonds. The van der Waals surface area contributed by atoms with Crippen LogP contribution in [0.25, 0.3) is 0 Å². The lowest BCUT2D eigenvalue weighted by atomic mass is 10.1. The lowest BCUT2D eigenvalue weighted by Crippen LogP contribution is -2.40. The molecule has 1 aromatic rings. The second kappa shape index (κ2) is 6.43. The van der Waals surface area contributed by atoms with E-state index in [-0.39, 0.29) is 11.4 Å². The van der Waals surface area contributed by atoms with Crippen LogP contribution in [0, 0.1) is 6.92 Å². The van der Waals surface area contributed by atoms with Gasteiger partial charge in [0.1, 0.15) is 0 Å². The van der Waals surface area contributed by atoms with Gasteiger partial charge < -0.3 is 10.5 Å². The fraction of sp³-hybridized carbons (Fsp3) is 0.538. The quantitative estimate of drug-likeness (QED) is 0.759. The number of nitrogens with one attached hydrogen (secondary N) is 1. The Labute approximate surface area is 129 Å². The van der Waals surface area contributed by atoms with Crippen LogP contribution in [0.15, 0.2) is 21.5 Å². The third-order valence-electron chi connectivity index (χ3n) is 2.88. The molecule has 0 aliphatic heterocycles. The molecule has 0 aliphatic rings. The number of hydrogen-bond donors (Lipinski definition) is 2. The second-order valence-electron chi connectivity index (χ2n) is 5.14. The largest absolute Gasteiger partial charge is 0.398 e. The minimum absolute atomic E-state index is 0.177. The van der Waals surface area contributed by atoms with Crippen LogP contribution in [0.4, 0.5) is 5.69 Å². The molecule has 0 radical (unpaired) electrons. The van der Waals surface area contributed by atoms with Crippen molar-refractivity contribution in [3.8, 4) is 0 Å². The monoisotopic (exact) mass is 364 g/mol. The van der Waals surface area contributed by atoms with Crippen LogP contribution in [0.1, 0.15) is 26.3 Å². The fourth-order valence-electron chi connectivity index (χ4n) is 1.74. The second-order valence-corrected chi connectivity index (χ2v) is 7.79. The number of nitrogen functional groups attached to an aromatic ring is 1. The summed E-state index contributed by atoms with van der Waals surface area (Å²) in [6, 6.07) is 3.22. The van der Waals surface area contributed by atoms with Gasteiger partial charge in [-0.05, 0) is 45.4 Å². The van der Waals surface area contributed by atoms with Crippen molar-refractivity contribution in [3.05, 3.63) is 22.2 Å². The zero-order valence-corrected chi connectivity index (χ0v) is 14.6. The molecule has 0 spiro atoms. The molecular formula is C13H21BrN2O3S. The van der Waals surface area contributed by atoms with E-state index in [1.54, 1.807) is 19.1 Å². The SMILES string of the molecule is CCOC(C)(C)CNS(=O)(=O)c1cc(Br)cc(N)c1C. The molecule has 0 fully saturated rings. The predicted octanol–water partition coefficient (Wildman–Crippen LogP) is 2.43. The zero-order chi connectivity index (χ0) is 15.6. The summed E-state index contributed by atoms with van der Waals surface area (Å²) in [5, 5.41) is 0. The van der Waals surface area contributed by atoms with Crippen molar-refractivity contribution in [3.63, 3.8) is 0 Å². The topological polar surface area (TPSA) is 81.4 Å².